The van der Waals surface area contributed by atoms with Crippen LogP contribution in [-0.2, 0) is 26.4 Å². The number of rotatable bonds is 7. The zero-order valence-corrected chi connectivity index (χ0v) is 9.43. The average molecular weight is 229 g/mol. The predicted molar refractivity (Wildman–Crippen MR) is 49.1 cm³/mol. The van der Waals surface area contributed by atoms with Crippen molar-refractivity contribution >= 4 is 11.6 Å². The SMILES string of the molecule is CCCCCCCC(=O)C(C)=O.[Co]. The molecule has 0 aromatic heterocycles. The van der Waals surface area contributed by atoms with Crippen molar-refractivity contribution < 1.29 is 26.4 Å². The first-order valence-corrected chi connectivity index (χ1v) is 4.72. The van der Waals surface area contributed by atoms with E-state index >= 15 is 0 Å². The molecule has 0 atom stereocenters. The zero-order chi connectivity index (χ0) is 9.40. The molecule has 1 radical (unpaired) electrons. The molecule has 0 amide bonds. The standard InChI is InChI=1S/C10H18O2.Co/c1-3-4-5-6-7-8-10(12)9(2)11;/h3-8H2,1-2H3;. The monoisotopic (exact) mass is 229 g/mol. The molecule has 0 bridgehead atoms. The van der Waals surface area contributed by atoms with Gasteiger partial charge in [0.2, 0.25) is 0 Å². The van der Waals surface area contributed by atoms with Crippen LogP contribution in [0.5, 0.6) is 0 Å². The summed E-state index contributed by atoms with van der Waals surface area (Å²) in [5.74, 6) is -0.517. The van der Waals surface area contributed by atoms with E-state index in [1.54, 1.807) is 0 Å². The molecule has 0 N–H and O–H groups in total. The third-order valence-corrected chi connectivity index (χ3v) is 1.90. The molecule has 0 aromatic rings. The fraction of sp³-hybridized carbons (Fsp3) is 0.800. The van der Waals surface area contributed by atoms with Gasteiger partial charge in [0.15, 0.2) is 11.6 Å². The van der Waals surface area contributed by atoms with Crippen LogP contribution in [0.4, 0.5) is 0 Å². The van der Waals surface area contributed by atoms with Crippen molar-refractivity contribution in [3.05, 3.63) is 0 Å². The Morgan fingerprint density at radius 3 is 2.00 bits per heavy atom. The summed E-state index contributed by atoms with van der Waals surface area (Å²) in [5, 5.41) is 0. The molecular formula is C10H18CoO2. The van der Waals surface area contributed by atoms with E-state index in [0.717, 1.165) is 12.8 Å². The number of hydrogen-bond acceptors (Lipinski definition) is 2. The van der Waals surface area contributed by atoms with Crippen LogP contribution in [-0.4, -0.2) is 11.6 Å². The number of unbranched alkanes of at least 4 members (excludes halogenated alkanes) is 4. The van der Waals surface area contributed by atoms with Gasteiger partial charge in [0.1, 0.15) is 0 Å². The van der Waals surface area contributed by atoms with Crippen LogP contribution in [0, 0.1) is 0 Å². The summed E-state index contributed by atoms with van der Waals surface area (Å²) in [4.78, 5) is 21.3. The third kappa shape index (κ3) is 9.76. The fourth-order valence-corrected chi connectivity index (χ4v) is 1.07. The summed E-state index contributed by atoms with van der Waals surface area (Å²) in [6, 6.07) is 0. The molecule has 13 heavy (non-hydrogen) atoms. The van der Waals surface area contributed by atoms with Crippen molar-refractivity contribution in [2.45, 2.75) is 52.4 Å². The van der Waals surface area contributed by atoms with Gasteiger partial charge in [-0.15, -0.1) is 0 Å². The summed E-state index contributed by atoms with van der Waals surface area (Å²) in [6.07, 6.45) is 6.01. The quantitative estimate of drug-likeness (QED) is 0.496. The number of Topliss-reactive ketones (excluding diaryl/α,β-unsaturated/α-hetero) is 2. The van der Waals surface area contributed by atoms with E-state index in [2.05, 4.69) is 6.92 Å². The van der Waals surface area contributed by atoms with Gasteiger partial charge in [0.05, 0.1) is 0 Å². The van der Waals surface area contributed by atoms with Gasteiger partial charge in [-0.2, -0.15) is 0 Å². The second-order valence-electron chi connectivity index (χ2n) is 3.14. The Balaban J connectivity index is 0. The first-order valence-electron chi connectivity index (χ1n) is 4.72. The van der Waals surface area contributed by atoms with E-state index in [-0.39, 0.29) is 28.3 Å². The maximum absolute atomic E-state index is 10.8. The Bertz CT molecular complexity index is 155. The predicted octanol–water partition coefficient (Wildman–Crippen LogP) is 2.50. The minimum atomic E-state index is -0.300. The van der Waals surface area contributed by atoms with Gasteiger partial charge < -0.3 is 0 Å². The van der Waals surface area contributed by atoms with Gasteiger partial charge in [-0.05, 0) is 6.42 Å². The molecule has 0 unspecified atom stereocenters. The largest absolute Gasteiger partial charge is 0.291 e. The van der Waals surface area contributed by atoms with Gasteiger partial charge in [0.25, 0.3) is 0 Å². The number of ketones is 2. The van der Waals surface area contributed by atoms with Gasteiger partial charge in [-0.25, -0.2) is 0 Å². The van der Waals surface area contributed by atoms with E-state index in [0.29, 0.717) is 6.42 Å². The van der Waals surface area contributed by atoms with Crippen LogP contribution in [0.1, 0.15) is 52.4 Å². The average Bonchev–Trinajstić information content (AvgIpc) is 2.03. The van der Waals surface area contributed by atoms with Gasteiger partial charge >= 0.3 is 0 Å². The molecule has 3 heteroatoms. The summed E-state index contributed by atoms with van der Waals surface area (Å²) in [6.45, 7) is 3.50. The van der Waals surface area contributed by atoms with Crippen molar-refractivity contribution in [1.82, 2.24) is 0 Å². The summed E-state index contributed by atoms with van der Waals surface area (Å²) in [5.41, 5.74) is 0. The smallest absolute Gasteiger partial charge is 0.198 e. The molecule has 0 aliphatic rings. The molecule has 0 fully saturated rings. The number of carbonyl (C=O) groups is 2. The first-order chi connectivity index (χ1) is 5.68. The zero-order valence-electron chi connectivity index (χ0n) is 8.39. The second kappa shape index (κ2) is 9.93. The van der Waals surface area contributed by atoms with Crippen LogP contribution in [0.3, 0.4) is 0 Å². The molecule has 0 aliphatic carbocycles. The number of hydrogen-bond donors (Lipinski definition) is 0. The van der Waals surface area contributed by atoms with E-state index in [1.807, 2.05) is 0 Å². The van der Waals surface area contributed by atoms with E-state index < -0.39 is 0 Å². The topological polar surface area (TPSA) is 34.1 Å². The van der Waals surface area contributed by atoms with Crippen molar-refractivity contribution in [3.8, 4) is 0 Å². The Kier molecular flexibility index (Phi) is 11.7. The van der Waals surface area contributed by atoms with E-state index in [1.165, 1.54) is 26.2 Å². The van der Waals surface area contributed by atoms with Crippen LogP contribution in [0.2, 0.25) is 0 Å². The summed E-state index contributed by atoms with van der Waals surface area (Å²) in [7, 11) is 0. The van der Waals surface area contributed by atoms with Crippen LogP contribution in [0.25, 0.3) is 0 Å². The Hall–Kier alpha value is -0.154. The number of carbonyl (C=O) groups excluding carboxylic acids is 2. The molecule has 2 nitrogen and oxygen atoms in total. The maximum atomic E-state index is 10.8. The van der Waals surface area contributed by atoms with Crippen molar-refractivity contribution in [1.29, 1.82) is 0 Å². The summed E-state index contributed by atoms with van der Waals surface area (Å²) >= 11 is 0. The summed E-state index contributed by atoms with van der Waals surface area (Å²) < 4.78 is 0. The Morgan fingerprint density at radius 2 is 1.54 bits per heavy atom. The van der Waals surface area contributed by atoms with Crippen LogP contribution >= 0.6 is 0 Å². The van der Waals surface area contributed by atoms with Gasteiger partial charge in [-0.1, -0.05) is 32.6 Å². The first kappa shape index (κ1) is 15.3. The van der Waals surface area contributed by atoms with E-state index in [4.69, 9.17) is 0 Å². The van der Waals surface area contributed by atoms with E-state index in [9.17, 15) is 9.59 Å². The minimum Gasteiger partial charge on any atom is -0.291 e. The molecule has 0 spiro atoms. The fourth-order valence-electron chi connectivity index (χ4n) is 1.07. The maximum Gasteiger partial charge on any atom is 0.198 e. The Labute approximate surface area is 90.7 Å². The normalized spacial score (nSPS) is 9.08. The van der Waals surface area contributed by atoms with Crippen molar-refractivity contribution in [2.75, 3.05) is 0 Å². The second-order valence-corrected chi connectivity index (χ2v) is 3.14. The molecule has 0 heterocycles. The molecule has 0 aliphatic heterocycles. The van der Waals surface area contributed by atoms with Crippen molar-refractivity contribution in [2.24, 2.45) is 0 Å². The minimum absolute atomic E-state index is 0. The Morgan fingerprint density at radius 1 is 1.00 bits per heavy atom. The van der Waals surface area contributed by atoms with Crippen molar-refractivity contribution in [3.63, 3.8) is 0 Å². The van der Waals surface area contributed by atoms with Gasteiger partial charge in [0, 0.05) is 30.1 Å². The molecule has 79 valence electrons. The molecular weight excluding hydrogens is 211 g/mol. The molecule has 0 rings (SSSR count). The van der Waals surface area contributed by atoms with Crippen LogP contribution in [0.15, 0.2) is 0 Å². The molecule has 0 saturated carbocycles. The van der Waals surface area contributed by atoms with Gasteiger partial charge in [-0.3, -0.25) is 9.59 Å². The third-order valence-electron chi connectivity index (χ3n) is 1.90. The van der Waals surface area contributed by atoms with Crippen LogP contribution < -0.4 is 0 Å². The molecule has 0 aromatic carbocycles. The molecule has 0 saturated heterocycles.